The number of hydrogen-bond donors (Lipinski definition) is 0. The highest BCUT2D eigenvalue weighted by atomic mass is 16.5. The van der Waals surface area contributed by atoms with E-state index in [1.807, 2.05) is 0 Å². The average Bonchev–Trinajstić information content (AvgIpc) is 3.05. The molecule has 0 rings (SSSR count). The SMILES string of the molecule is CCCCCCCCCCC(CCCCCCCC)COCCOCCCCCCCCCCCCCCCCCCCC=O. The first-order valence-electron chi connectivity index (χ1n) is 20.9. The fraction of sp³-hybridized carbons (Fsp3) is 0.976. The second-order valence-corrected chi connectivity index (χ2v) is 14.3. The average molecular weight is 637 g/mol. The molecule has 0 saturated heterocycles. The van der Waals surface area contributed by atoms with Crippen LogP contribution in [0.2, 0.25) is 0 Å². The summed E-state index contributed by atoms with van der Waals surface area (Å²) in [4.78, 5) is 10.3. The number of rotatable bonds is 41. The van der Waals surface area contributed by atoms with Crippen molar-refractivity contribution in [3.63, 3.8) is 0 Å². The van der Waals surface area contributed by atoms with Gasteiger partial charge in [-0.25, -0.2) is 0 Å². The maximum Gasteiger partial charge on any atom is 0.119 e. The lowest BCUT2D eigenvalue weighted by molar-refractivity contribution is -0.107. The minimum atomic E-state index is 0.753. The highest BCUT2D eigenvalue weighted by Crippen LogP contribution is 2.20. The topological polar surface area (TPSA) is 35.5 Å². The van der Waals surface area contributed by atoms with Crippen LogP contribution in [-0.4, -0.2) is 32.7 Å². The number of unbranched alkanes of at least 4 members (excludes halogenated alkanes) is 29. The zero-order valence-electron chi connectivity index (χ0n) is 31.2. The van der Waals surface area contributed by atoms with Gasteiger partial charge in [0.25, 0.3) is 0 Å². The van der Waals surface area contributed by atoms with Crippen LogP contribution < -0.4 is 0 Å². The lowest BCUT2D eigenvalue weighted by Crippen LogP contribution is -2.13. The van der Waals surface area contributed by atoms with E-state index in [1.165, 1.54) is 205 Å². The van der Waals surface area contributed by atoms with Gasteiger partial charge in [-0.05, 0) is 31.6 Å². The molecular formula is C42H84O3. The molecule has 0 radical (unpaired) electrons. The van der Waals surface area contributed by atoms with E-state index in [1.54, 1.807) is 0 Å². The van der Waals surface area contributed by atoms with E-state index in [9.17, 15) is 4.79 Å². The molecule has 0 aliphatic carbocycles. The van der Waals surface area contributed by atoms with Gasteiger partial charge in [-0.1, -0.05) is 200 Å². The number of ether oxygens (including phenoxy) is 2. The molecule has 0 aromatic carbocycles. The second-order valence-electron chi connectivity index (χ2n) is 14.3. The molecule has 0 aliphatic heterocycles. The van der Waals surface area contributed by atoms with E-state index in [2.05, 4.69) is 13.8 Å². The molecule has 0 amide bonds. The Balaban J connectivity index is 3.54. The molecule has 0 N–H and O–H groups in total. The molecule has 0 bridgehead atoms. The third kappa shape index (κ3) is 39.7. The van der Waals surface area contributed by atoms with Crippen LogP contribution in [0.4, 0.5) is 0 Å². The number of carbonyl (C=O) groups excluding carboxylic acids is 1. The summed E-state index contributed by atoms with van der Waals surface area (Å²) in [6, 6.07) is 0. The molecule has 0 heterocycles. The molecule has 0 aliphatic rings. The zero-order valence-corrected chi connectivity index (χ0v) is 31.2. The highest BCUT2D eigenvalue weighted by molar-refractivity contribution is 5.48. The summed E-state index contributed by atoms with van der Waals surface area (Å²) in [7, 11) is 0. The number of aldehydes is 1. The van der Waals surface area contributed by atoms with Crippen molar-refractivity contribution in [2.24, 2.45) is 5.92 Å². The molecule has 1 unspecified atom stereocenters. The predicted molar refractivity (Wildman–Crippen MR) is 200 cm³/mol. The van der Waals surface area contributed by atoms with Crippen LogP contribution in [0.3, 0.4) is 0 Å². The van der Waals surface area contributed by atoms with E-state index in [0.29, 0.717) is 0 Å². The van der Waals surface area contributed by atoms with Crippen LogP contribution in [0.1, 0.15) is 232 Å². The van der Waals surface area contributed by atoms with Gasteiger partial charge in [-0.3, -0.25) is 0 Å². The van der Waals surface area contributed by atoms with Gasteiger partial charge in [-0.2, -0.15) is 0 Å². The summed E-state index contributed by atoms with van der Waals surface area (Å²) < 4.78 is 12.0. The molecule has 0 spiro atoms. The van der Waals surface area contributed by atoms with Gasteiger partial charge in [0.2, 0.25) is 0 Å². The first-order chi connectivity index (χ1) is 22.3. The van der Waals surface area contributed by atoms with Crippen LogP contribution >= 0.6 is 0 Å². The number of hydrogen-bond acceptors (Lipinski definition) is 3. The lowest BCUT2D eigenvalue weighted by atomic mass is 9.94. The zero-order chi connectivity index (χ0) is 32.6. The van der Waals surface area contributed by atoms with E-state index < -0.39 is 0 Å². The van der Waals surface area contributed by atoms with Crippen LogP contribution in [-0.2, 0) is 14.3 Å². The molecule has 0 saturated carbocycles. The summed E-state index contributed by atoms with van der Waals surface area (Å²) in [6.45, 7) is 8.00. The normalized spacial score (nSPS) is 12.2. The standard InChI is InChI=1S/C42H84O3/c1-3-5-7-9-11-24-28-32-36-42(35-31-27-10-8-6-4-2)41-45-40-39-44-38-34-30-26-23-21-19-17-15-13-12-14-16-18-20-22-25-29-33-37-43/h37,42H,3-36,38-41H2,1-2H3. The van der Waals surface area contributed by atoms with Gasteiger partial charge >= 0.3 is 0 Å². The van der Waals surface area contributed by atoms with Crippen molar-refractivity contribution in [1.82, 2.24) is 0 Å². The Hall–Kier alpha value is -0.410. The number of carbonyl (C=O) groups is 1. The second kappa shape index (κ2) is 41.6. The fourth-order valence-corrected chi connectivity index (χ4v) is 6.64. The maximum atomic E-state index is 10.3. The van der Waals surface area contributed by atoms with Crippen LogP contribution in [0.15, 0.2) is 0 Å². The fourth-order valence-electron chi connectivity index (χ4n) is 6.64. The lowest BCUT2D eigenvalue weighted by Gasteiger charge is -2.17. The van der Waals surface area contributed by atoms with Crippen molar-refractivity contribution in [3.05, 3.63) is 0 Å². The summed E-state index contributed by atoms with van der Waals surface area (Å²) in [5.41, 5.74) is 0. The molecule has 3 heteroatoms. The van der Waals surface area contributed by atoms with Crippen molar-refractivity contribution in [2.45, 2.75) is 232 Å². The highest BCUT2D eigenvalue weighted by Gasteiger charge is 2.09. The molecule has 3 nitrogen and oxygen atoms in total. The van der Waals surface area contributed by atoms with Crippen molar-refractivity contribution < 1.29 is 14.3 Å². The molecule has 0 aromatic rings. The monoisotopic (exact) mass is 637 g/mol. The van der Waals surface area contributed by atoms with Crippen molar-refractivity contribution in [3.8, 4) is 0 Å². The molecular weight excluding hydrogens is 552 g/mol. The summed E-state index contributed by atoms with van der Waals surface area (Å²) in [5, 5.41) is 0. The summed E-state index contributed by atoms with van der Waals surface area (Å²) in [5.74, 6) is 0.753. The van der Waals surface area contributed by atoms with Crippen LogP contribution in [0.5, 0.6) is 0 Å². The summed E-state index contributed by atoms with van der Waals surface area (Å²) >= 11 is 0. The first kappa shape index (κ1) is 44.6. The van der Waals surface area contributed by atoms with Gasteiger partial charge in [-0.15, -0.1) is 0 Å². The third-order valence-corrected chi connectivity index (χ3v) is 9.77. The Kier molecular flexibility index (Phi) is 41.2. The molecule has 270 valence electrons. The van der Waals surface area contributed by atoms with E-state index in [0.717, 1.165) is 51.5 Å². The van der Waals surface area contributed by atoms with Crippen LogP contribution in [0, 0.1) is 5.92 Å². The molecule has 1 atom stereocenters. The summed E-state index contributed by atoms with van der Waals surface area (Å²) in [6.07, 6.45) is 47.2. The Morgan fingerprint density at radius 2 is 0.711 bits per heavy atom. The minimum Gasteiger partial charge on any atom is -0.379 e. The first-order valence-corrected chi connectivity index (χ1v) is 20.9. The molecule has 45 heavy (non-hydrogen) atoms. The van der Waals surface area contributed by atoms with Crippen molar-refractivity contribution in [1.29, 1.82) is 0 Å². The quantitative estimate of drug-likeness (QED) is 0.0495. The molecule has 0 aromatic heterocycles. The third-order valence-electron chi connectivity index (χ3n) is 9.77. The molecule has 0 fully saturated rings. The predicted octanol–water partition coefficient (Wildman–Crippen LogP) is 14.1. The van der Waals surface area contributed by atoms with E-state index >= 15 is 0 Å². The Morgan fingerprint density at radius 1 is 0.378 bits per heavy atom. The van der Waals surface area contributed by atoms with E-state index in [4.69, 9.17) is 9.47 Å². The smallest absolute Gasteiger partial charge is 0.119 e. The Morgan fingerprint density at radius 3 is 1.11 bits per heavy atom. The van der Waals surface area contributed by atoms with Gasteiger partial charge < -0.3 is 14.3 Å². The van der Waals surface area contributed by atoms with Gasteiger partial charge in [0.05, 0.1) is 13.2 Å². The van der Waals surface area contributed by atoms with Crippen molar-refractivity contribution in [2.75, 3.05) is 26.4 Å². The Labute approximate surface area is 284 Å². The van der Waals surface area contributed by atoms with Crippen LogP contribution in [0.25, 0.3) is 0 Å². The largest absolute Gasteiger partial charge is 0.379 e. The van der Waals surface area contributed by atoms with E-state index in [-0.39, 0.29) is 0 Å². The minimum absolute atomic E-state index is 0.753. The van der Waals surface area contributed by atoms with Gasteiger partial charge in [0.15, 0.2) is 0 Å². The van der Waals surface area contributed by atoms with Gasteiger partial charge in [0, 0.05) is 19.6 Å². The van der Waals surface area contributed by atoms with Gasteiger partial charge in [0.1, 0.15) is 6.29 Å². The van der Waals surface area contributed by atoms with Crippen molar-refractivity contribution >= 4 is 6.29 Å². The maximum absolute atomic E-state index is 10.3. The Bertz CT molecular complexity index is 522.